The Balaban J connectivity index is 1.49. The first-order valence-corrected chi connectivity index (χ1v) is 10.7. The van der Waals surface area contributed by atoms with Crippen molar-refractivity contribution in [3.8, 4) is 5.75 Å². The van der Waals surface area contributed by atoms with Crippen molar-refractivity contribution in [3.63, 3.8) is 0 Å². The maximum absolute atomic E-state index is 12.7. The molecule has 3 rings (SSSR count). The third-order valence-electron chi connectivity index (χ3n) is 5.73. The Morgan fingerprint density at radius 1 is 1.28 bits per heavy atom. The van der Waals surface area contributed by atoms with Gasteiger partial charge in [0.25, 0.3) is 0 Å². The molecule has 1 atom stereocenters. The van der Waals surface area contributed by atoms with Gasteiger partial charge < -0.3 is 14.5 Å². The van der Waals surface area contributed by atoms with E-state index in [0.29, 0.717) is 12.3 Å². The summed E-state index contributed by atoms with van der Waals surface area (Å²) in [5, 5.41) is 0. The number of likely N-dealkylation sites (tertiary alicyclic amines) is 1. The normalized spacial score (nSPS) is 17.1. The van der Waals surface area contributed by atoms with E-state index in [9.17, 15) is 4.79 Å². The summed E-state index contributed by atoms with van der Waals surface area (Å²) in [5.41, 5.74) is 2.16. The summed E-state index contributed by atoms with van der Waals surface area (Å²) in [6.45, 7) is 6.94. The number of rotatable bonds is 9. The highest BCUT2D eigenvalue weighted by Crippen LogP contribution is 2.19. The van der Waals surface area contributed by atoms with Crippen LogP contribution >= 0.6 is 0 Å². The third-order valence-corrected chi connectivity index (χ3v) is 5.73. The summed E-state index contributed by atoms with van der Waals surface area (Å²) in [4.78, 5) is 21.6. The molecule has 29 heavy (non-hydrogen) atoms. The van der Waals surface area contributed by atoms with Gasteiger partial charge in [-0.1, -0.05) is 18.2 Å². The number of ether oxygens (including phenoxy) is 1. The van der Waals surface area contributed by atoms with Crippen LogP contribution < -0.4 is 4.74 Å². The zero-order valence-corrected chi connectivity index (χ0v) is 17.7. The van der Waals surface area contributed by atoms with E-state index < -0.39 is 0 Å². The molecule has 2 aromatic rings. The molecule has 0 spiro atoms. The number of likely N-dealkylation sites (N-methyl/N-ethyl adjacent to an activating group) is 1. The van der Waals surface area contributed by atoms with Gasteiger partial charge in [-0.3, -0.25) is 9.78 Å². The summed E-state index contributed by atoms with van der Waals surface area (Å²) in [6, 6.07) is 14.1. The molecule has 5 heteroatoms. The number of piperidine rings is 1. The van der Waals surface area contributed by atoms with Crippen LogP contribution in [0.2, 0.25) is 0 Å². The van der Waals surface area contributed by atoms with Gasteiger partial charge in [0, 0.05) is 38.1 Å². The molecule has 0 unspecified atom stereocenters. The molecule has 0 aliphatic carbocycles. The van der Waals surface area contributed by atoms with E-state index in [1.54, 1.807) is 13.3 Å². The molecular formula is C24H33N3O2. The Morgan fingerprint density at radius 2 is 2.17 bits per heavy atom. The van der Waals surface area contributed by atoms with E-state index in [-0.39, 0.29) is 5.91 Å². The Labute approximate surface area is 174 Å². The van der Waals surface area contributed by atoms with E-state index in [1.165, 1.54) is 18.4 Å². The fourth-order valence-corrected chi connectivity index (χ4v) is 4.11. The van der Waals surface area contributed by atoms with E-state index in [1.807, 2.05) is 29.2 Å². The predicted octanol–water partition coefficient (Wildman–Crippen LogP) is 3.44. The van der Waals surface area contributed by atoms with E-state index in [4.69, 9.17) is 4.74 Å². The molecule has 2 heterocycles. The molecule has 5 nitrogen and oxygen atoms in total. The van der Waals surface area contributed by atoms with Gasteiger partial charge in [0.1, 0.15) is 5.75 Å². The van der Waals surface area contributed by atoms with E-state index in [0.717, 1.165) is 50.6 Å². The molecule has 1 aliphatic heterocycles. The van der Waals surface area contributed by atoms with E-state index >= 15 is 0 Å². The Morgan fingerprint density at radius 3 is 2.93 bits per heavy atom. The number of aromatic nitrogens is 1. The third kappa shape index (κ3) is 6.57. The van der Waals surface area contributed by atoms with Gasteiger partial charge in [-0.25, -0.2) is 0 Å². The van der Waals surface area contributed by atoms with Crippen LogP contribution in [0.4, 0.5) is 0 Å². The maximum Gasteiger partial charge on any atom is 0.228 e. The van der Waals surface area contributed by atoms with Crippen LogP contribution in [-0.2, 0) is 17.6 Å². The first kappa shape index (κ1) is 21.3. The molecule has 0 radical (unpaired) electrons. The quantitative estimate of drug-likeness (QED) is 0.653. The van der Waals surface area contributed by atoms with Crippen molar-refractivity contribution in [1.82, 2.24) is 14.8 Å². The van der Waals surface area contributed by atoms with Gasteiger partial charge >= 0.3 is 0 Å². The van der Waals surface area contributed by atoms with Crippen LogP contribution in [0, 0.1) is 5.92 Å². The second-order valence-corrected chi connectivity index (χ2v) is 7.84. The number of benzene rings is 1. The van der Waals surface area contributed by atoms with Crippen LogP contribution in [0.1, 0.15) is 31.0 Å². The van der Waals surface area contributed by atoms with Crippen LogP contribution in [-0.4, -0.2) is 60.5 Å². The Hall–Kier alpha value is -2.40. The summed E-state index contributed by atoms with van der Waals surface area (Å²) >= 11 is 0. The van der Waals surface area contributed by atoms with Gasteiger partial charge in [0.2, 0.25) is 5.91 Å². The number of pyridine rings is 1. The second-order valence-electron chi connectivity index (χ2n) is 7.84. The number of carbonyl (C=O) groups is 1. The highest BCUT2D eigenvalue weighted by Gasteiger charge is 2.23. The number of hydrogen-bond donors (Lipinski definition) is 0. The van der Waals surface area contributed by atoms with Gasteiger partial charge in [0.05, 0.1) is 13.5 Å². The molecule has 0 saturated carbocycles. The smallest absolute Gasteiger partial charge is 0.228 e. The number of nitrogens with zero attached hydrogens (tertiary/aromatic N) is 3. The zero-order chi connectivity index (χ0) is 20.5. The zero-order valence-electron chi connectivity index (χ0n) is 17.7. The van der Waals surface area contributed by atoms with Crippen LogP contribution in [0.25, 0.3) is 0 Å². The molecule has 1 aliphatic rings. The lowest BCUT2D eigenvalue weighted by atomic mass is 9.96. The summed E-state index contributed by atoms with van der Waals surface area (Å²) < 4.78 is 5.33. The van der Waals surface area contributed by atoms with E-state index in [2.05, 4.69) is 35.0 Å². The molecule has 1 saturated heterocycles. The molecule has 1 aromatic carbocycles. The lowest BCUT2D eigenvalue weighted by molar-refractivity contribution is -0.131. The van der Waals surface area contributed by atoms with Crippen LogP contribution in [0.3, 0.4) is 0 Å². The average Bonchev–Trinajstić information content (AvgIpc) is 2.77. The lowest BCUT2D eigenvalue weighted by Gasteiger charge is -2.35. The van der Waals surface area contributed by atoms with Crippen molar-refractivity contribution in [2.24, 2.45) is 5.92 Å². The monoisotopic (exact) mass is 395 g/mol. The number of methoxy groups -OCH3 is 1. The van der Waals surface area contributed by atoms with Gasteiger partial charge in [-0.05, 0) is 68.5 Å². The van der Waals surface area contributed by atoms with Gasteiger partial charge in [-0.15, -0.1) is 0 Å². The van der Waals surface area contributed by atoms with Gasteiger partial charge in [0.15, 0.2) is 0 Å². The Bertz CT molecular complexity index is 766. The fraction of sp³-hybridized carbons (Fsp3) is 0.500. The van der Waals surface area contributed by atoms with Crippen LogP contribution in [0.15, 0.2) is 48.7 Å². The minimum Gasteiger partial charge on any atom is -0.497 e. The minimum absolute atomic E-state index is 0.180. The molecule has 0 bridgehead atoms. The standard InChI is InChI=1S/C24H33N3O2/c1-3-27(24(28)17-22-10-4-5-13-25-22)19-21-9-7-14-26(18-21)15-12-20-8-6-11-23(16-20)29-2/h4-6,8,10-11,13,16,21H,3,7,9,12,14-15,17-19H2,1-2H3/t21-/m0/s1. The van der Waals surface area contributed by atoms with Crippen molar-refractivity contribution < 1.29 is 9.53 Å². The summed E-state index contributed by atoms with van der Waals surface area (Å²) in [5.74, 6) is 1.64. The topological polar surface area (TPSA) is 45.7 Å². The lowest BCUT2D eigenvalue weighted by Crippen LogP contribution is -2.43. The molecule has 1 aromatic heterocycles. The second kappa shape index (κ2) is 11.0. The summed E-state index contributed by atoms with van der Waals surface area (Å²) in [7, 11) is 1.71. The molecule has 1 amide bonds. The highest BCUT2D eigenvalue weighted by atomic mass is 16.5. The van der Waals surface area contributed by atoms with Crippen molar-refractivity contribution in [2.75, 3.05) is 39.8 Å². The SMILES string of the molecule is CCN(C[C@H]1CCCN(CCc2cccc(OC)c2)C1)C(=O)Cc1ccccn1. The highest BCUT2D eigenvalue weighted by molar-refractivity contribution is 5.78. The largest absolute Gasteiger partial charge is 0.497 e. The predicted molar refractivity (Wildman–Crippen MR) is 116 cm³/mol. The average molecular weight is 396 g/mol. The fourth-order valence-electron chi connectivity index (χ4n) is 4.11. The van der Waals surface area contributed by atoms with Crippen molar-refractivity contribution >= 4 is 5.91 Å². The number of hydrogen-bond acceptors (Lipinski definition) is 4. The first-order valence-electron chi connectivity index (χ1n) is 10.7. The maximum atomic E-state index is 12.7. The van der Waals surface area contributed by atoms with Crippen LogP contribution in [0.5, 0.6) is 5.75 Å². The van der Waals surface area contributed by atoms with Gasteiger partial charge in [-0.2, -0.15) is 0 Å². The summed E-state index contributed by atoms with van der Waals surface area (Å²) in [6.07, 6.45) is 5.57. The molecule has 156 valence electrons. The number of amides is 1. The number of carbonyl (C=O) groups excluding carboxylic acids is 1. The molecular weight excluding hydrogens is 362 g/mol. The molecule has 1 fully saturated rings. The Kier molecular flexibility index (Phi) is 8.05. The van der Waals surface area contributed by atoms with Crippen molar-refractivity contribution in [3.05, 3.63) is 59.9 Å². The first-order chi connectivity index (χ1) is 14.2. The minimum atomic E-state index is 0.180. The van der Waals surface area contributed by atoms with Crippen molar-refractivity contribution in [1.29, 1.82) is 0 Å². The molecule has 0 N–H and O–H groups in total. The van der Waals surface area contributed by atoms with Crippen molar-refractivity contribution in [2.45, 2.75) is 32.6 Å².